The maximum absolute atomic E-state index is 12.9. The minimum absolute atomic E-state index is 0.118. The van der Waals surface area contributed by atoms with E-state index in [9.17, 15) is 14.7 Å². The summed E-state index contributed by atoms with van der Waals surface area (Å²) in [6, 6.07) is 7.48. The SMILES string of the molecule is CCc1oc2ccccc2c1C(=O)N1CCC[C@@H](C(=O)O)C1. The Bertz CT molecular complexity index is 719. The maximum Gasteiger partial charge on any atom is 0.308 e. The Morgan fingerprint density at radius 3 is 2.86 bits per heavy atom. The smallest absolute Gasteiger partial charge is 0.308 e. The molecule has 0 bridgehead atoms. The highest BCUT2D eigenvalue weighted by Crippen LogP contribution is 2.29. The van der Waals surface area contributed by atoms with Crippen LogP contribution >= 0.6 is 0 Å². The van der Waals surface area contributed by atoms with Crippen molar-refractivity contribution in [2.24, 2.45) is 5.92 Å². The number of piperidine rings is 1. The van der Waals surface area contributed by atoms with Crippen LogP contribution in [0.15, 0.2) is 28.7 Å². The van der Waals surface area contributed by atoms with Gasteiger partial charge in [0.15, 0.2) is 0 Å². The lowest BCUT2D eigenvalue weighted by atomic mass is 9.97. The van der Waals surface area contributed by atoms with Gasteiger partial charge in [0.05, 0.1) is 11.5 Å². The summed E-state index contributed by atoms with van der Waals surface area (Å²) < 4.78 is 5.77. The first-order valence-corrected chi connectivity index (χ1v) is 7.64. The number of rotatable bonds is 3. The molecule has 22 heavy (non-hydrogen) atoms. The molecule has 0 aliphatic carbocycles. The number of likely N-dealkylation sites (tertiary alicyclic amines) is 1. The van der Waals surface area contributed by atoms with Gasteiger partial charge in [0, 0.05) is 24.9 Å². The van der Waals surface area contributed by atoms with Crippen molar-refractivity contribution in [1.29, 1.82) is 0 Å². The van der Waals surface area contributed by atoms with E-state index in [0.717, 1.165) is 11.8 Å². The van der Waals surface area contributed by atoms with Crippen LogP contribution in [0.2, 0.25) is 0 Å². The minimum Gasteiger partial charge on any atom is -0.481 e. The minimum atomic E-state index is -0.828. The lowest BCUT2D eigenvalue weighted by molar-refractivity contribution is -0.143. The molecule has 5 heteroatoms. The number of nitrogens with zero attached hydrogens (tertiary/aromatic N) is 1. The standard InChI is InChI=1S/C17H19NO4/c1-2-13-15(12-7-3-4-8-14(12)22-13)16(19)18-9-5-6-11(10-18)17(20)21/h3-4,7-8,11H,2,5-6,9-10H2,1H3,(H,20,21)/t11-/m1/s1. The van der Waals surface area contributed by atoms with Crippen molar-refractivity contribution in [1.82, 2.24) is 4.90 Å². The molecule has 1 fully saturated rings. The van der Waals surface area contributed by atoms with Crippen LogP contribution in [-0.4, -0.2) is 35.0 Å². The molecule has 2 heterocycles. The van der Waals surface area contributed by atoms with Gasteiger partial charge in [0.25, 0.3) is 5.91 Å². The third-order valence-corrected chi connectivity index (χ3v) is 4.26. The number of hydrogen-bond acceptors (Lipinski definition) is 3. The van der Waals surface area contributed by atoms with E-state index in [1.54, 1.807) is 4.90 Å². The molecule has 1 aromatic heterocycles. The van der Waals surface area contributed by atoms with Crippen LogP contribution in [0.4, 0.5) is 0 Å². The van der Waals surface area contributed by atoms with Crippen LogP contribution in [0, 0.1) is 5.92 Å². The van der Waals surface area contributed by atoms with E-state index in [1.807, 2.05) is 31.2 Å². The van der Waals surface area contributed by atoms with Gasteiger partial charge in [-0.25, -0.2) is 0 Å². The predicted molar refractivity (Wildman–Crippen MR) is 81.9 cm³/mol. The van der Waals surface area contributed by atoms with Crippen molar-refractivity contribution in [3.05, 3.63) is 35.6 Å². The molecule has 5 nitrogen and oxygen atoms in total. The summed E-state index contributed by atoms with van der Waals surface area (Å²) in [5.74, 6) is -0.748. The molecule has 1 amide bonds. The fourth-order valence-corrected chi connectivity index (χ4v) is 3.10. The molecular weight excluding hydrogens is 282 g/mol. The number of para-hydroxylation sites is 1. The summed E-state index contributed by atoms with van der Waals surface area (Å²) in [6.45, 7) is 2.83. The zero-order chi connectivity index (χ0) is 15.7. The van der Waals surface area contributed by atoms with Crippen molar-refractivity contribution >= 4 is 22.8 Å². The fourth-order valence-electron chi connectivity index (χ4n) is 3.10. The monoisotopic (exact) mass is 301 g/mol. The second-order valence-corrected chi connectivity index (χ2v) is 5.68. The van der Waals surface area contributed by atoms with Gasteiger partial charge >= 0.3 is 5.97 Å². The van der Waals surface area contributed by atoms with Gasteiger partial charge in [-0.3, -0.25) is 9.59 Å². The van der Waals surface area contributed by atoms with Gasteiger partial charge in [0.1, 0.15) is 11.3 Å². The van der Waals surface area contributed by atoms with Crippen molar-refractivity contribution < 1.29 is 19.1 Å². The number of carbonyl (C=O) groups excluding carboxylic acids is 1. The van der Waals surface area contributed by atoms with Gasteiger partial charge in [-0.2, -0.15) is 0 Å². The molecule has 0 saturated carbocycles. The Kier molecular flexibility index (Phi) is 3.88. The van der Waals surface area contributed by atoms with E-state index in [1.165, 1.54) is 0 Å². The first-order chi connectivity index (χ1) is 10.6. The summed E-state index contributed by atoms with van der Waals surface area (Å²) in [6.07, 6.45) is 1.98. The van der Waals surface area contributed by atoms with Crippen LogP contribution in [0.25, 0.3) is 11.0 Å². The molecule has 3 rings (SSSR count). The molecular formula is C17H19NO4. The number of furan rings is 1. The summed E-state index contributed by atoms with van der Waals surface area (Å²) in [5.41, 5.74) is 1.29. The highest BCUT2D eigenvalue weighted by Gasteiger charge is 2.31. The zero-order valence-corrected chi connectivity index (χ0v) is 12.5. The predicted octanol–water partition coefficient (Wildman–Crippen LogP) is 2.93. The second kappa shape index (κ2) is 5.83. The summed E-state index contributed by atoms with van der Waals surface area (Å²) in [5, 5.41) is 9.99. The first kappa shape index (κ1) is 14.6. The Labute approximate surface area is 128 Å². The first-order valence-electron chi connectivity index (χ1n) is 7.64. The molecule has 2 aromatic rings. The summed E-state index contributed by atoms with van der Waals surface area (Å²) >= 11 is 0. The zero-order valence-electron chi connectivity index (χ0n) is 12.5. The highest BCUT2D eigenvalue weighted by atomic mass is 16.4. The largest absolute Gasteiger partial charge is 0.481 e. The quantitative estimate of drug-likeness (QED) is 0.946. The Morgan fingerprint density at radius 2 is 2.14 bits per heavy atom. The molecule has 116 valence electrons. The summed E-state index contributed by atoms with van der Waals surface area (Å²) in [4.78, 5) is 25.7. The van der Waals surface area contributed by atoms with E-state index in [0.29, 0.717) is 36.3 Å². The highest BCUT2D eigenvalue weighted by molar-refractivity contribution is 6.07. The van der Waals surface area contributed by atoms with E-state index in [2.05, 4.69) is 0 Å². The van der Waals surface area contributed by atoms with Crippen molar-refractivity contribution in [2.45, 2.75) is 26.2 Å². The second-order valence-electron chi connectivity index (χ2n) is 5.68. The molecule has 0 spiro atoms. The normalized spacial score (nSPS) is 18.6. The lowest BCUT2D eigenvalue weighted by Crippen LogP contribution is -2.42. The number of carboxylic acid groups (broad SMARTS) is 1. The Balaban J connectivity index is 1.96. The molecule has 0 radical (unpaired) electrons. The molecule has 1 N–H and O–H groups in total. The Hall–Kier alpha value is -2.30. The van der Waals surface area contributed by atoms with Crippen LogP contribution < -0.4 is 0 Å². The van der Waals surface area contributed by atoms with E-state index < -0.39 is 11.9 Å². The third-order valence-electron chi connectivity index (χ3n) is 4.26. The maximum atomic E-state index is 12.9. The number of aryl methyl sites for hydroxylation is 1. The number of carboxylic acids is 1. The number of benzene rings is 1. The van der Waals surface area contributed by atoms with Gasteiger partial charge < -0.3 is 14.4 Å². The molecule has 1 aliphatic rings. The van der Waals surface area contributed by atoms with Gasteiger partial charge in [-0.15, -0.1) is 0 Å². The van der Waals surface area contributed by atoms with E-state index in [4.69, 9.17) is 4.42 Å². The van der Waals surface area contributed by atoms with Gasteiger partial charge in [-0.05, 0) is 18.9 Å². The van der Waals surface area contributed by atoms with E-state index in [-0.39, 0.29) is 12.5 Å². The number of hydrogen-bond donors (Lipinski definition) is 1. The van der Waals surface area contributed by atoms with Crippen LogP contribution in [0.3, 0.4) is 0 Å². The summed E-state index contributed by atoms with van der Waals surface area (Å²) in [7, 11) is 0. The average Bonchev–Trinajstić information content (AvgIpc) is 2.92. The van der Waals surface area contributed by atoms with Gasteiger partial charge in [-0.1, -0.05) is 25.1 Å². The van der Waals surface area contributed by atoms with E-state index >= 15 is 0 Å². The Morgan fingerprint density at radius 1 is 1.36 bits per heavy atom. The topological polar surface area (TPSA) is 70.8 Å². The molecule has 1 saturated heterocycles. The van der Waals surface area contributed by atoms with Crippen molar-refractivity contribution in [3.63, 3.8) is 0 Å². The third kappa shape index (κ3) is 2.47. The molecule has 1 aromatic carbocycles. The number of carbonyl (C=O) groups is 2. The fraction of sp³-hybridized carbons (Fsp3) is 0.412. The number of fused-ring (bicyclic) bond motifs is 1. The van der Waals surface area contributed by atoms with Crippen LogP contribution in [-0.2, 0) is 11.2 Å². The molecule has 0 unspecified atom stereocenters. The molecule has 1 atom stereocenters. The average molecular weight is 301 g/mol. The van der Waals surface area contributed by atoms with Gasteiger partial charge in [0.2, 0.25) is 0 Å². The number of amides is 1. The van der Waals surface area contributed by atoms with Crippen LogP contribution in [0.5, 0.6) is 0 Å². The van der Waals surface area contributed by atoms with Crippen LogP contribution in [0.1, 0.15) is 35.9 Å². The lowest BCUT2D eigenvalue weighted by Gasteiger charge is -2.30. The molecule has 1 aliphatic heterocycles. The number of aliphatic carboxylic acids is 1. The van der Waals surface area contributed by atoms with Crippen molar-refractivity contribution in [2.75, 3.05) is 13.1 Å². The van der Waals surface area contributed by atoms with Crippen molar-refractivity contribution in [3.8, 4) is 0 Å².